The molecule has 1 aliphatic heterocycles. The standard InChI is InChI=1S/C18H24N4O.ClH/c1-12-11-15(9-10-19-12)20-18(23)17-13(2)21-22(14(17)3)16-7-5-4-6-8-16;/h4-8,12,15,19H,9-11H2,1-3H3,(H,20,23);1H. The third kappa shape index (κ3) is 3.79. The van der Waals surface area contributed by atoms with Crippen LogP contribution in [0, 0.1) is 13.8 Å². The van der Waals surface area contributed by atoms with E-state index < -0.39 is 0 Å². The molecule has 24 heavy (non-hydrogen) atoms. The number of rotatable bonds is 3. The van der Waals surface area contributed by atoms with Gasteiger partial charge >= 0.3 is 0 Å². The van der Waals surface area contributed by atoms with Gasteiger partial charge in [-0.2, -0.15) is 5.10 Å². The first-order valence-corrected chi connectivity index (χ1v) is 8.22. The van der Waals surface area contributed by atoms with Crippen molar-refractivity contribution < 1.29 is 4.79 Å². The lowest BCUT2D eigenvalue weighted by molar-refractivity contribution is 0.0924. The summed E-state index contributed by atoms with van der Waals surface area (Å²) in [4.78, 5) is 12.7. The monoisotopic (exact) mass is 348 g/mol. The molecule has 3 rings (SSSR count). The molecule has 1 amide bonds. The number of aryl methyl sites for hydroxylation is 1. The summed E-state index contributed by atoms with van der Waals surface area (Å²) in [5.74, 6) is -0.0127. The van der Waals surface area contributed by atoms with E-state index in [1.54, 1.807) is 0 Å². The van der Waals surface area contributed by atoms with Gasteiger partial charge in [0.2, 0.25) is 0 Å². The number of benzene rings is 1. The summed E-state index contributed by atoms with van der Waals surface area (Å²) in [6, 6.07) is 10.6. The Kier molecular flexibility index (Phi) is 6.02. The first kappa shape index (κ1) is 18.5. The highest BCUT2D eigenvalue weighted by Crippen LogP contribution is 2.18. The SMILES string of the molecule is Cc1nn(-c2ccccc2)c(C)c1C(=O)NC1CCNC(C)C1.Cl. The molecule has 0 spiro atoms. The number of amides is 1. The quantitative estimate of drug-likeness (QED) is 0.896. The lowest BCUT2D eigenvalue weighted by Gasteiger charge is -2.28. The number of para-hydroxylation sites is 1. The van der Waals surface area contributed by atoms with Gasteiger partial charge in [0.15, 0.2) is 0 Å². The minimum absolute atomic E-state index is 0. The van der Waals surface area contributed by atoms with Crippen molar-refractivity contribution in [1.82, 2.24) is 20.4 Å². The van der Waals surface area contributed by atoms with E-state index >= 15 is 0 Å². The lowest BCUT2D eigenvalue weighted by Crippen LogP contribution is -2.46. The number of carbonyl (C=O) groups excluding carboxylic acids is 1. The molecule has 0 radical (unpaired) electrons. The highest BCUT2D eigenvalue weighted by Gasteiger charge is 2.24. The summed E-state index contributed by atoms with van der Waals surface area (Å²) < 4.78 is 1.84. The second-order valence-electron chi connectivity index (χ2n) is 6.34. The molecule has 1 fully saturated rings. The maximum atomic E-state index is 12.7. The molecule has 2 atom stereocenters. The summed E-state index contributed by atoms with van der Waals surface area (Å²) in [5.41, 5.74) is 3.32. The Morgan fingerprint density at radius 3 is 2.67 bits per heavy atom. The molecule has 5 nitrogen and oxygen atoms in total. The van der Waals surface area contributed by atoms with E-state index in [1.165, 1.54) is 0 Å². The molecule has 0 aliphatic carbocycles. The van der Waals surface area contributed by atoms with E-state index in [0.29, 0.717) is 11.6 Å². The van der Waals surface area contributed by atoms with Gasteiger partial charge in [-0.05, 0) is 52.3 Å². The molecule has 1 saturated heterocycles. The van der Waals surface area contributed by atoms with Crippen molar-refractivity contribution in [2.75, 3.05) is 6.54 Å². The molecule has 0 bridgehead atoms. The third-order valence-electron chi connectivity index (χ3n) is 4.48. The number of aromatic nitrogens is 2. The smallest absolute Gasteiger partial charge is 0.255 e. The van der Waals surface area contributed by atoms with Gasteiger partial charge in [0.25, 0.3) is 5.91 Å². The largest absolute Gasteiger partial charge is 0.349 e. The van der Waals surface area contributed by atoms with Gasteiger partial charge in [0.05, 0.1) is 22.6 Å². The normalized spacial score (nSPS) is 20.3. The first-order chi connectivity index (χ1) is 11.1. The van der Waals surface area contributed by atoms with Crippen molar-refractivity contribution in [3.63, 3.8) is 0 Å². The van der Waals surface area contributed by atoms with E-state index in [0.717, 1.165) is 36.5 Å². The second-order valence-corrected chi connectivity index (χ2v) is 6.34. The van der Waals surface area contributed by atoms with Crippen LogP contribution in [0.3, 0.4) is 0 Å². The summed E-state index contributed by atoms with van der Waals surface area (Å²) in [6.07, 6.45) is 1.94. The zero-order valence-electron chi connectivity index (χ0n) is 14.4. The molecule has 1 aliphatic rings. The first-order valence-electron chi connectivity index (χ1n) is 8.22. The van der Waals surface area contributed by atoms with Crippen LogP contribution in [0.2, 0.25) is 0 Å². The fourth-order valence-corrected chi connectivity index (χ4v) is 3.31. The van der Waals surface area contributed by atoms with Crippen LogP contribution >= 0.6 is 12.4 Å². The molecular weight excluding hydrogens is 324 g/mol. The average molecular weight is 349 g/mol. The Balaban J connectivity index is 0.00000208. The molecule has 2 aromatic rings. The van der Waals surface area contributed by atoms with Gasteiger partial charge in [0.1, 0.15) is 0 Å². The molecule has 0 saturated carbocycles. The molecule has 2 N–H and O–H groups in total. The molecule has 130 valence electrons. The Morgan fingerprint density at radius 1 is 1.29 bits per heavy atom. The number of piperidine rings is 1. The van der Waals surface area contributed by atoms with E-state index in [1.807, 2.05) is 48.9 Å². The second kappa shape index (κ2) is 7.81. The van der Waals surface area contributed by atoms with Crippen molar-refractivity contribution in [2.45, 2.75) is 45.7 Å². The minimum Gasteiger partial charge on any atom is -0.349 e. The van der Waals surface area contributed by atoms with E-state index in [9.17, 15) is 4.79 Å². The van der Waals surface area contributed by atoms with Gasteiger partial charge < -0.3 is 10.6 Å². The maximum Gasteiger partial charge on any atom is 0.255 e. The average Bonchev–Trinajstić information content (AvgIpc) is 2.83. The molecule has 1 aromatic heterocycles. The predicted molar refractivity (Wildman–Crippen MR) is 98.2 cm³/mol. The van der Waals surface area contributed by atoms with Gasteiger partial charge in [-0.25, -0.2) is 4.68 Å². The van der Waals surface area contributed by atoms with Crippen LogP contribution in [0.5, 0.6) is 0 Å². The maximum absolute atomic E-state index is 12.7. The van der Waals surface area contributed by atoms with Crippen molar-refractivity contribution in [3.8, 4) is 5.69 Å². The van der Waals surface area contributed by atoms with E-state index in [4.69, 9.17) is 0 Å². The molecular formula is C18H25ClN4O. The Labute approximate surface area is 149 Å². The van der Waals surface area contributed by atoms with Gasteiger partial charge in [0, 0.05) is 12.1 Å². The van der Waals surface area contributed by atoms with Crippen molar-refractivity contribution in [3.05, 3.63) is 47.3 Å². The van der Waals surface area contributed by atoms with Crippen LogP contribution in [0.1, 0.15) is 41.5 Å². The van der Waals surface area contributed by atoms with Crippen molar-refractivity contribution >= 4 is 18.3 Å². The van der Waals surface area contributed by atoms with Crippen molar-refractivity contribution in [2.24, 2.45) is 0 Å². The van der Waals surface area contributed by atoms with Crippen LogP contribution in [0.15, 0.2) is 30.3 Å². The fraction of sp³-hybridized carbons (Fsp3) is 0.444. The van der Waals surface area contributed by atoms with Crippen molar-refractivity contribution in [1.29, 1.82) is 0 Å². The molecule has 2 heterocycles. The van der Waals surface area contributed by atoms with Crippen LogP contribution < -0.4 is 10.6 Å². The summed E-state index contributed by atoms with van der Waals surface area (Å²) in [7, 11) is 0. The fourth-order valence-electron chi connectivity index (χ4n) is 3.31. The number of nitrogens with zero attached hydrogens (tertiary/aromatic N) is 2. The van der Waals surface area contributed by atoms with Gasteiger partial charge in [-0.15, -0.1) is 12.4 Å². The summed E-state index contributed by atoms with van der Waals surface area (Å²) in [5, 5.41) is 11.1. The van der Waals surface area contributed by atoms with Crippen LogP contribution in [0.25, 0.3) is 5.69 Å². The van der Waals surface area contributed by atoms with E-state index in [2.05, 4.69) is 22.7 Å². The summed E-state index contributed by atoms with van der Waals surface area (Å²) >= 11 is 0. The topological polar surface area (TPSA) is 59.0 Å². The minimum atomic E-state index is -0.0127. The number of nitrogens with one attached hydrogen (secondary N) is 2. The molecule has 2 unspecified atom stereocenters. The zero-order valence-corrected chi connectivity index (χ0v) is 15.2. The third-order valence-corrected chi connectivity index (χ3v) is 4.48. The highest BCUT2D eigenvalue weighted by atomic mass is 35.5. The van der Waals surface area contributed by atoms with Crippen LogP contribution in [-0.4, -0.2) is 34.3 Å². The Bertz CT molecular complexity index is 699. The van der Waals surface area contributed by atoms with Gasteiger partial charge in [-0.3, -0.25) is 4.79 Å². The van der Waals surface area contributed by atoms with E-state index in [-0.39, 0.29) is 24.4 Å². The number of hydrogen-bond acceptors (Lipinski definition) is 3. The Hall–Kier alpha value is -1.85. The lowest BCUT2D eigenvalue weighted by atomic mass is 10.00. The van der Waals surface area contributed by atoms with Crippen LogP contribution in [-0.2, 0) is 0 Å². The Morgan fingerprint density at radius 2 is 2.00 bits per heavy atom. The highest BCUT2D eigenvalue weighted by molar-refractivity contribution is 5.96. The molecule has 6 heteroatoms. The zero-order chi connectivity index (χ0) is 16.4. The number of halogens is 1. The van der Waals surface area contributed by atoms with Gasteiger partial charge in [-0.1, -0.05) is 18.2 Å². The molecule has 1 aromatic carbocycles. The van der Waals surface area contributed by atoms with Crippen LogP contribution in [0.4, 0.5) is 0 Å². The predicted octanol–water partition coefficient (Wildman–Crippen LogP) is 2.78. The number of carbonyl (C=O) groups is 1. The summed E-state index contributed by atoms with van der Waals surface area (Å²) in [6.45, 7) is 6.95. The number of hydrogen-bond donors (Lipinski definition) is 2.